The van der Waals surface area contributed by atoms with Crippen LogP contribution in [0.4, 0.5) is 0 Å². The van der Waals surface area contributed by atoms with Crippen molar-refractivity contribution < 1.29 is 0 Å². The number of fused-ring (bicyclic) bond motifs is 1. The maximum Gasteiger partial charge on any atom is 0.0281 e. The summed E-state index contributed by atoms with van der Waals surface area (Å²) in [6.07, 6.45) is 2.47. The molecule has 0 amide bonds. The summed E-state index contributed by atoms with van der Waals surface area (Å²) in [5.74, 6) is 0.348. The average molecular weight is 310 g/mol. The van der Waals surface area contributed by atoms with Crippen molar-refractivity contribution in [2.45, 2.75) is 25.2 Å². The molecule has 0 N–H and O–H groups in total. The Bertz CT molecular complexity index is 870. The van der Waals surface area contributed by atoms with E-state index in [-0.39, 0.29) is 5.41 Å². The highest BCUT2D eigenvalue weighted by atomic mass is 14.4. The summed E-state index contributed by atoms with van der Waals surface area (Å²) in [4.78, 5) is 0. The summed E-state index contributed by atoms with van der Waals surface area (Å²) in [7, 11) is 0. The molecule has 0 saturated heterocycles. The van der Waals surface area contributed by atoms with Crippen molar-refractivity contribution in [1.82, 2.24) is 0 Å². The SMILES string of the molecule is CC(C)(C1=CC(c2ccccc2)c2ccccc21)c1ccccc1. The summed E-state index contributed by atoms with van der Waals surface area (Å²) in [6, 6.07) is 30.5. The first-order valence-corrected chi connectivity index (χ1v) is 8.60. The second-order valence-corrected chi connectivity index (χ2v) is 7.05. The third-order valence-electron chi connectivity index (χ3n) is 5.25. The predicted molar refractivity (Wildman–Crippen MR) is 102 cm³/mol. The summed E-state index contributed by atoms with van der Waals surface area (Å²) in [6.45, 7) is 4.66. The lowest BCUT2D eigenvalue weighted by molar-refractivity contribution is 0.693. The van der Waals surface area contributed by atoms with Crippen LogP contribution >= 0.6 is 0 Å². The second kappa shape index (κ2) is 5.79. The van der Waals surface area contributed by atoms with Gasteiger partial charge < -0.3 is 0 Å². The van der Waals surface area contributed by atoms with E-state index in [4.69, 9.17) is 0 Å². The first kappa shape index (κ1) is 15.0. The zero-order chi connectivity index (χ0) is 16.6. The molecule has 0 bridgehead atoms. The van der Waals surface area contributed by atoms with Gasteiger partial charge in [-0.1, -0.05) is 105 Å². The van der Waals surface area contributed by atoms with Gasteiger partial charge in [-0.3, -0.25) is 0 Å². The van der Waals surface area contributed by atoms with Crippen LogP contribution in [0.1, 0.15) is 42.0 Å². The lowest BCUT2D eigenvalue weighted by atomic mass is 9.75. The van der Waals surface area contributed by atoms with Crippen LogP contribution in [-0.4, -0.2) is 0 Å². The number of hydrogen-bond acceptors (Lipinski definition) is 0. The largest absolute Gasteiger partial charge is 0.0679 e. The summed E-state index contributed by atoms with van der Waals surface area (Å²) < 4.78 is 0. The Balaban J connectivity index is 1.87. The third-order valence-corrected chi connectivity index (χ3v) is 5.25. The van der Waals surface area contributed by atoms with Gasteiger partial charge in [-0.2, -0.15) is 0 Å². The molecule has 0 radical (unpaired) electrons. The standard InChI is InChI=1S/C24H22/c1-24(2,19-13-7-4-8-14-19)23-17-22(18-11-5-3-6-12-18)20-15-9-10-16-21(20)23/h3-17,22H,1-2H3. The van der Waals surface area contributed by atoms with E-state index in [2.05, 4.69) is 105 Å². The molecule has 1 unspecified atom stereocenters. The van der Waals surface area contributed by atoms with Gasteiger partial charge in [0.1, 0.15) is 0 Å². The molecule has 1 aliphatic carbocycles. The molecule has 0 spiro atoms. The highest BCUT2D eigenvalue weighted by molar-refractivity contribution is 5.82. The van der Waals surface area contributed by atoms with Gasteiger partial charge >= 0.3 is 0 Å². The van der Waals surface area contributed by atoms with E-state index < -0.39 is 0 Å². The van der Waals surface area contributed by atoms with Crippen LogP contribution in [0.3, 0.4) is 0 Å². The predicted octanol–water partition coefficient (Wildman–Crippen LogP) is 6.19. The number of benzene rings is 3. The fourth-order valence-electron chi connectivity index (χ4n) is 3.85. The summed E-state index contributed by atoms with van der Waals surface area (Å²) >= 11 is 0. The van der Waals surface area contributed by atoms with Gasteiger partial charge in [0.05, 0.1) is 0 Å². The Morgan fingerprint density at radius 2 is 1.25 bits per heavy atom. The van der Waals surface area contributed by atoms with Crippen molar-refractivity contribution in [2.24, 2.45) is 0 Å². The Hall–Kier alpha value is -2.60. The van der Waals surface area contributed by atoms with Crippen molar-refractivity contribution in [2.75, 3.05) is 0 Å². The Kier molecular flexibility index (Phi) is 3.61. The van der Waals surface area contributed by atoms with Crippen molar-refractivity contribution in [3.8, 4) is 0 Å². The van der Waals surface area contributed by atoms with E-state index >= 15 is 0 Å². The molecule has 1 aliphatic rings. The molecule has 3 aromatic rings. The topological polar surface area (TPSA) is 0 Å². The normalized spacial score (nSPS) is 16.6. The van der Waals surface area contributed by atoms with E-state index in [9.17, 15) is 0 Å². The van der Waals surface area contributed by atoms with Crippen molar-refractivity contribution in [3.63, 3.8) is 0 Å². The fourth-order valence-corrected chi connectivity index (χ4v) is 3.85. The summed E-state index contributed by atoms with van der Waals surface area (Å²) in [5.41, 5.74) is 6.95. The quantitative estimate of drug-likeness (QED) is 0.541. The van der Waals surface area contributed by atoms with Crippen LogP contribution in [0.2, 0.25) is 0 Å². The molecule has 3 aromatic carbocycles. The minimum Gasteiger partial charge on any atom is -0.0679 e. The van der Waals surface area contributed by atoms with Gasteiger partial charge in [0.2, 0.25) is 0 Å². The Morgan fingerprint density at radius 3 is 1.96 bits per heavy atom. The zero-order valence-corrected chi connectivity index (χ0v) is 14.2. The van der Waals surface area contributed by atoms with Gasteiger partial charge in [0, 0.05) is 11.3 Å². The molecule has 118 valence electrons. The molecule has 0 aliphatic heterocycles. The van der Waals surface area contributed by atoms with Crippen LogP contribution in [0.5, 0.6) is 0 Å². The molecule has 0 fully saturated rings. The maximum absolute atomic E-state index is 2.47. The van der Waals surface area contributed by atoms with Crippen LogP contribution < -0.4 is 0 Å². The molecular weight excluding hydrogens is 288 g/mol. The van der Waals surface area contributed by atoms with E-state index in [1.165, 1.54) is 27.8 Å². The van der Waals surface area contributed by atoms with Gasteiger partial charge in [-0.05, 0) is 27.8 Å². The molecule has 0 nitrogen and oxygen atoms in total. The lowest BCUT2D eigenvalue weighted by Gasteiger charge is -2.28. The van der Waals surface area contributed by atoms with Crippen molar-refractivity contribution in [3.05, 3.63) is 113 Å². The second-order valence-electron chi connectivity index (χ2n) is 7.05. The van der Waals surface area contributed by atoms with Crippen LogP contribution in [0.25, 0.3) is 5.57 Å². The van der Waals surface area contributed by atoms with Gasteiger partial charge in [0.15, 0.2) is 0 Å². The Labute approximate surface area is 144 Å². The van der Waals surface area contributed by atoms with Crippen molar-refractivity contribution in [1.29, 1.82) is 0 Å². The van der Waals surface area contributed by atoms with Gasteiger partial charge in [0.25, 0.3) is 0 Å². The van der Waals surface area contributed by atoms with Gasteiger partial charge in [-0.25, -0.2) is 0 Å². The fraction of sp³-hybridized carbons (Fsp3) is 0.167. The lowest BCUT2D eigenvalue weighted by Crippen LogP contribution is -2.18. The molecule has 0 heterocycles. The number of rotatable bonds is 3. The van der Waals surface area contributed by atoms with E-state index in [0.717, 1.165) is 0 Å². The van der Waals surface area contributed by atoms with E-state index in [0.29, 0.717) is 5.92 Å². The van der Waals surface area contributed by atoms with E-state index in [1.54, 1.807) is 0 Å². The smallest absolute Gasteiger partial charge is 0.0281 e. The highest BCUT2D eigenvalue weighted by Gasteiger charge is 2.34. The Morgan fingerprint density at radius 1 is 0.667 bits per heavy atom. The minimum atomic E-state index is -0.0130. The molecule has 0 aromatic heterocycles. The molecule has 1 atom stereocenters. The maximum atomic E-state index is 2.47. The van der Waals surface area contributed by atoms with Gasteiger partial charge in [-0.15, -0.1) is 0 Å². The van der Waals surface area contributed by atoms with Crippen LogP contribution in [-0.2, 0) is 5.41 Å². The molecule has 0 saturated carbocycles. The first-order chi connectivity index (χ1) is 11.7. The van der Waals surface area contributed by atoms with Crippen LogP contribution in [0.15, 0.2) is 91.0 Å². The summed E-state index contributed by atoms with van der Waals surface area (Å²) in [5, 5.41) is 0. The molecule has 24 heavy (non-hydrogen) atoms. The molecule has 4 rings (SSSR count). The van der Waals surface area contributed by atoms with E-state index in [1.807, 2.05) is 0 Å². The highest BCUT2D eigenvalue weighted by Crippen LogP contribution is 2.48. The van der Waals surface area contributed by atoms with Crippen LogP contribution in [0, 0.1) is 0 Å². The minimum absolute atomic E-state index is 0.0130. The average Bonchev–Trinajstić information content (AvgIpc) is 3.04. The first-order valence-electron chi connectivity index (χ1n) is 8.60. The zero-order valence-electron chi connectivity index (χ0n) is 14.2. The van der Waals surface area contributed by atoms with Crippen molar-refractivity contribution >= 4 is 5.57 Å². The third kappa shape index (κ3) is 2.39. The molecular formula is C24H22. The number of allylic oxidation sites excluding steroid dienone is 2. The molecule has 0 heteroatoms. The number of hydrogen-bond donors (Lipinski definition) is 0. The monoisotopic (exact) mass is 310 g/mol.